The number of benzene rings is 1. The second-order valence-corrected chi connectivity index (χ2v) is 9.61. The lowest BCUT2D eigenvalue weighted by molar-refractivity contribution is -0.232. The van der Waals surface area contributed by atoms with E-state index in [4.69, 9.17) is 19.4 Å². The zero-order chi connectivity index (χ0) is 24.6. The molecular formula is C25H29FN6O3. The minimum absolute atomic E-state index is 0.0930. The van der Waals surface area contributed by atoms with E-state index in [1.807, 2.05) is 20.0 Å². The van der Waals surface area contributed by atoms with Crippen LogP contribution < -0.4 is 10.2 Å². The van der Waals surface area contributed by atoms with Gasteiger partial charge in [-0.15, -0.1) is 0 Å². The van der Waals surface area contributed by atoms with Gasteiger partial charge in [0.2, 0.25) is 18.1 Å². The minimum atomic E-state index is -0.705. The number of aromatic nitrogens is 4. The van der Waals surface area contributed by atoms with Crippen LogP contribution in [-0.4, -0.2) is 58.7 Å². The van der Waals surface area contributed by atoms with Gasteiger partial charge >= 0.3 is 0 Å². The first-order valence-corrected chi connectivity index (χ1v) is 11.7. The average molecular weight is 481 g/mol. The van der Waals surface area contributed by atoms with Crippen molar-refractivity contribution in [2.24, 2.45) is 5.41 Å². The van der Waals surface area contributed by atoms with Crippen molar-refractivity contribution in [1.29, 1.82) is 0 Å². The Balaban J connectivity index is 1.45. The third-order valence-corrected chi connectivity index (χ3v) is 6.30. The molecule has 0 radical (unpaired) electrons. The van der Waals surface area contributed by atoms with Gasteiger partial charge < -0.3 is 24.7 Å². The summed E-state index contributed by atoms with van der Waals surface area (Å²) in [5.74, 6) is 0.727. The highest BCUT2D eigenvalue weighted by Crippen LogP contribution is 2.36. The predicted octanol–water partition coefficient (Wildman–Crippen LogP) is 3.46. The van der Waals surface area contributed by atoms with Crippen molar-refractivity contribution in [2.75, 3.05) is 31.7 Å². The van der Waals surface area contributed by atoms with Gasteiger partial charge in [-0.25, -0.2) is 19.3 Å². The average Bonchev–Trinajstić information content (AvgIpc) is 3.62. The van der Waals surface area contributed by atoms with Gasteiger partial charge in [0.25, 0.3) is 0 Å². The quantitative estimate of drug-likeness (QED) is 0.534. The van der Waals surface area contributed by atoms with E-state index < -0.39 is 6.29 Å². The maximum absolute atomic E-state index is 13.6. The van der Waals surface area contributed by atoms with Crippen molar-refractivity contribution >= 4 is 11.9 Å². The highest BCUT2D eigenvalue weighted by Gasteiger charge is 2.35. The summed E-state index contributed by atoms with van der Waals surface area (Å²) >= 11 is 0. The van der Waals surface area contributed by atoms with Crippen LogP contribution in [-0.2, 0) is 14.3 Å². The lowest BCUT2D eigenvalue weighted by Crippen LogP contribution is -2.45. The van der Waals surface area contributed by atoms with Crippen molar-refractivity contribution in [1.82, 2.24) is 25.3 Å². The third kappa shape index (κ3) is 5.18. The monoisotopic (exact) mass is 480 g/mol. The number of rotatable bonds is 7. The molecule has 1 saturated heterocycles. The first-order chi connectivity index (χ1) is 16.8. The van der Waals surface area contributed by atoms with Crippen LogP contribution in [0.5, 0.6) is 0 Å². The van der Waals surface area contributed by atoms with Gasteiger partial charge in [-0.2, -0.15) is 0 Å². The highest BCUT2D eigenvalue weighted by molar-refractivity contribution is 5.77. The number of amides is 1. The van der Waals surface area contributed by atoms with Crippen LogP contribution in [0.25, 0.3) is 22.6 Å². The number of hydrogen-bond acceptors (Lipinski definition) is 7. The van der Waals surface area contributed by atoms with Gasteiger partial charge in [-0.1, -0.05) is 6.92 Å². The SMILES string of the molecule is CC(=O)NCC1(C)COC(c2nc(-c3ccc(F)cc3)c(-c3ccnc(N(C)C4CC4)n3)[nH]2)OC1. The summed E-state index contributed by atoms with van der Waals surface area (Å²) in [5.41, 5.74) is 2.38. The fraction of sp³-hybridized carbons (Fsp3) is 0.440. The second kappa shape index (κ2) is 9.35. The molecule has 0 atom stereocenters. The standard InChI is InChI=1S/C25H29FN6O3/c1-15(33)28-12-25(2)13-34-23(35-14-25)22-30-20(16-4-6-17(26)7-5-16)21(31-22)19-10-11-27-24(29-19)32(3)18-8-9-18/h4-7,10-11,18,23H,8-9,12-14H2,1-3H3,(H,28,33)(H,30,31). The molecule has 9 nitrogen and oxygen atoms in total. The maximum Gasteiger partial charge on any atom is 0.225 e. The number of nitrogens with zero attached hydrogens (tertiary/aromatic N) is 4. The second-order valence-electron chi connectivity index (χ2n) is 9.61. The lowest BCUT2D eigenvalue weighted by Gasteiger charge is -2.36. The molecule has 1 aliphatic carbocycles. The number of ether oxygens (including phenoxy) is 2. The molecule has 2 aliphatic rings. The van der Waals surface area contributed by atoms with E-state index in [0.29, 0.717) is 54.7 Å². The van der Waals surface area contributed by atoms with E-state index in [2.05, 4.69) is 20.2 Å². The van der Waals surface area contributed by atoms with E-state index in [9.17, 15) is 9.18 Å². The molecule has 1 aliphatic heterocycles. The summed E-state index contributed by atoms with van der Waals surface area (Å²) in [6, 6.07) is 8.47. The van der Waals surface area contributed by atoms with E-state index in [0.717, 1.165) is 18.4 Å². The Kier molecular flexibility index (Phi) is 6.24. The molecule has 2 aromatic heterocycles. The molecule has 1 aromatic carbocycles. The van der Waals surface area contributed by atoms with E-state index in [1.54, 1.807) is 18.3 Å². The molecule has 35 heavy (non-hydrogen) atoms. The maximum atomic E-state index is 13.6. The number of aromatic amines is 1. The third-order valence-electron chi connectivity index (χ3n) is 6.30. The number of carbonyl (C=O) groups excluding carboxylic acids is 1. The number of nitrogens with one attached hydrogen (secondary N) is 2. The van der Waals surface area contributed by atoms with Crippen LogP contribution in [0.1, 0.15) is 38.8 Å². The van der Waals surface area contributed by atoms with Gasteiger partial charge in [0.15, 0.2) is 5.82 Å². The Bertz CT molecular complexity index is 1200. The molecule has 0 unspecified atom stereocenters. The smallest absolute Gasteiger partial charge is 0.225 e. The van der Waals surface area contributed by atoms with Crippen LogP contribution in [0.2, 0.25) is 0 Å². The molecular weight excluding hydrogens is 451 g/mol. The van der Waals surface area contributed by atoms with Crippen molar-refractivity contribution in [3.63, 3.8) is 0 Å². The Hall–Kier alpha value is -3.37. The lowest BCUT2D eigenvalue weighted by atomic mass is 9.92. The Morgan fingerprint density at radius 1 is 1.20 bits per heavy atom. The molecule has 3 aromatic rings. The zero-order valence-electron chi connectivity index (χ0n) is 20.0. The Labute approximate surface area is 203 Å². The molecule has 0 bridgehead atoms. The number of H-pyrrole nitrogens is 1. The molecule has 0 spiro atoms. The Morgan fingerprint density at radius 3 is 2.57 bits per heavy atom. The fourth-order valence-corrected chi connectivity index (χ4v) is 4.03. The molecule has 1 saturated carbocycles. The van der Waals surface area contributed by atoms with Crippen LogP contribution in [0.15, 0.2) is 36.5 Å². The normalized spacial score (nSPS) is 22.1. The van der Waals surface area contributed by atoms with Gasteiger partial charge in [0.1, 0.15) is 5.82 Å². The number of carbonyl (C=O) groups is 1. The van der Waals surface area contributed by atoms with Crippen LogP contribution >= 0.6 is 0 Å². The largest absolute Gasteiger partial charge is 0.356 e. The fourth-order valence-electron chi connectivity index (χ4n) is 4.03. The molecule has 5 rings (SSSR count). The van der Waals surface area contributed by atoms with Crippen molar-refractivity contribution in [3.8, 4) is 22.6 Å². The van der Waals surface area contributed by atoms with Gasteiger partial charge in [0, 0.05) is 43.7 Å². The summed E-state index contributed by atoms with van der Waals surface area (Å²) in [6.45, 7) is 4.72. The summed E-state index contributed by atoms with van der Waals surface area (Å²) in [6.07, 6.45) is 3.29. The zero-order valence-corrected chi connectivity index (χ0v) is 20.0. The van der Waals surface area contributed by atoms with Gasteiger partial charge in [-0.05, 0) is 43.2 Å². The first-order valence-electron chi connectivity index (χ1n) is 11.7. The summed E-state index contributed by atoms with van der Waals surface area (Å²) in [4.78, 5) is 30.7. The number of halogens is 1. The molecule has 2 N–H and O–H groups in total. The van der Waals surface area contributed by atoms with Crippen molar-refractivity contribution < 1.29 is 18.7 Å². The van der Waals surface area contributed by atoms with Crippen LogP contribution in [0.4, 0.5) is 10.3 Å². The summed E-state index contributed by atoms with van der Waals surface area (Å²) < 4.78 is 25.6. The Morgan fingerprint density at radius 2 is 1.91 bits per heavy atom. The van der Waals surface area contributed by atoms with Crippen molar-refractivity contribution in [3.05, 3.63) is 48.2 Å². The summed E-state index contributed by atoms with van der Waals surface area (Å²) in [7, 11) is 2.00. The van der Waals surface area contributed by atoms with E-state index >= 15 is 0 Å². The molecule has 2 fully saturated rings. The number of imidazole rings is 1. The molecule has 184 valence electrons. The molecule has 10 heteroatoms. The van der Waals surface area contributed by atoms with Crippen molar-refractivity contribution in [2.45, 2.75) is 39.0 Å². The molecule has 3 heterocycles. The van der Waals surface area contributed by atoms with Gasteiger partial charge in [-0.3, -0.25) is 4.79 Å². The van der Waals surface area contributed by atoms with E-state index in [-0.39, 0.29) is 17.1 Å². The first kappa shape index (κ1) is 23.4. The van der Waals surface area contributed by atoms with Crippen LogP contribution in [0, 0.1) is 11.2 Å². The predicted molar refractivity (Wildman–Crippen MR) is 128 cm³/mol. The topological polar surface area (TPSA) is 105 Å². The van der Waals surface area contributed by atoms with Gasteiger partial charge in [0.05, 0.1) is 30.3 Å². The number of hydrogen-bond donors (Lipinski definition) is 2. The van der Waals surface area contributed by atoms with E-state index in [1.165, 1.54) is 19.1 Å². The summed E-state index contributed by atoms with van der Waals surface area (Å²) in [5, 5.41) is 2.83. The van der Waals surface area contributed by atoms with Crippen LogP contribution in [0.3, 0.4) is 0 Å². The number of anilines is 1. The minimum Gasteiger partial charge on any atom is -0.356 e. The molecule has 1 amide bonds. The highest BCUT2D eigenvalue weighted by atomic mass is 19.1.